The van der Waals surface area contributed by atoms with E-state index < -0.39 is 5.91 Å². The number of carbonyl (C=O) groups excluding carboxylic acids is 1. The van der Waals surface area contributed by atoms with Crippen LogP contribution < -0.4 is 5.43 Å². The summed E-state index contributed by atoms with van der Waals surface area (Å²) in [6.45, 7) is 0. The Kier molecular flexibility index (Phi) is 5.16. The van der Waals surface area contributed by atoms with Gasteiger partial charge >= 0.3 is 0 Å². The van der Waals surface area contributed by atoms with E-state index in [9.17, 15) is 9.90 Å². The number of rotatable bonds is 4. The van der Waals surface area contributed by atoms with Gasteiger partial charge in [0.05, 0.1) is 11.9 Å². The fourth-order valence-corrected chi connectivity index (χ4v) is 2.56. The third kappa shape index (κ3) is 4.26. The van der Waals surface area contributed by atoms with Crippen LogP contribution in [0.25, 0.3) is 11.3 Å². The second kappa shape index (κ2) is 7.50. The zero-order chi connectivity index (χ0) is 17.8. The van der Waals surface area contributed by atoms with Crippen LogP contribution in [0.1, 0.15) is 16.1 Å². The Morgan fingerprint density at radius 2 is 2.00 bits per heavy atom. The van der Waals surface area contributed by atoms with Gasteiger partial charge in [0.15, 0.2) is 0 Å². The number of aromatic hydroxyl groups is 1. The van der Waals surface area contributed by atoms with Crippen molar-refractivity contribution in [1.82, 2.24) is 15.6 Å². The van der Waals surface area contributed by atoms with E-state index in [0.717, 1.165) is 10.0 Å². The van der Waals surface area contributed by atoms with Crippen molar-refractivity contribution in [3.8, 4) is 17.0 Å². The van der Waals surface area contributed by atoms with Gasteiger partial charge in [-0.15, -0.1) is 0 Å². The minimum Gasteiger partial charge on any atom is -0.507 e. The molecule has 1 aromatic heterocycles. The molecule has 0 unspecified atom stereocenters. The predicted molar refractivity (Wildman–Crippen MR) is 99.9 cm³/mol. The van der Waals surface area contributed by atoms with Gasteiger partial charge in [0, 0.05) is 20.6 Å². The number of hydrazone groups is 1. The zero-order valence-corrected chi connectivity index (χ0v) is 15.0. The number of nitrogens with zero attached hydrogens (tertiary/aromatic N) is 2. The maximum Gasteiger partial charge on any atom is 0.289 e. The third-order valence-electron chi connectivity index (χ3n) is 3.32. The Morgan fingerprint density at radius 1 is 1.24 bits per heavy atom. The zero-order valence-electron chi connectivity index (χ0n) is 12.7. The van der Waals surface area contributed by atoms with Crippen LogP contribution in [0.5, 0.6) is 5.75 Å². The summed E-state index contributed by atoms with van der Waals surface area (Å²) in [4.78, 5) is 12.1. The summed E-state index contributed by atoms with van der Waals surface area (Å²) in [7, 11) is 0. The minimum absolute atomic E-state index is 0.0627. The number of aromatic amines is 1. The first kappa shape index (κ1) is 17.2. The van der Waals surface area contributed by atoms with Gasteiger partial charge in [-0.3, -0.25) is 9.89 Å². The van der Waals surface area contributed by atoms with Gasteiger partial charge in [-0.1, -0.05) is 39.7 Å². The van der Waals surface area contributed by atoms with Crippen molar-refractivity contribution >= 4 is 39.7 Å². The van der Waals surface area contributed by atoms with Crippen molar-refractivity contribution in [1.29, 1.82) is 0 Å². The van der Waals surface area contributed by atoms with E-state index in [1.165, 1.54) is 12.3 Å². The van der Waals surface area contributed by atoms with E-state index in [0.29, 0.717) is 16.3 Å². The van der Waals surface area contributed by atoms with E-state index in [4.69, 9.17) is 11.6 Å². The van der Waals surface area contributed by atoms with Crippen LogP contribution >= 0.6 is 27.5 Å². The second-order valence-electron chi connectivity index (χ2n) is 5.08. The SMILES string of the molecule is O=C(N/N=C\c1cc(Br)ccc1O)c1cc(-c2ccc(Cl)cc2)n[nH]1. The van der Waals surface area contributed by atoms with Gasteiger partial charge in [-0.25, -0.2) is 5.43 Å². The summed E-state index contributed by atoms with van der Waals surface area (Å²) < 4.78 is 0.791. The highest BCUT2D eigenvalue weighted by molar-refractivity contribution is 9.10. The van der Waals surface area contributed by atoms with Crippen LogP contribution in [0, 0.1) is 0 Å². The molecule has 0 saturated heterocycles. The van der Waals surface area contributed by atoms with Gasteiger partial charge in [0.2, 0.25) is 0 Å². The standard InChI is InChI=1S/C17H12BrClN4O2/c18-12-3-6-16(24)11(7-12)9-20-23-17(25)15-8-14(21-22-15)10-1-4-13(19)5-2-10/h1-9,24H,(H,21,22)(H,23,25)/b20-9-. The molecule has 0 saturated carbocycles. The number of phenols is 1. The van der Waals surface area contributed by atoms with Crippen LogP contribution in [0.3, 0.4) is 0 Å². The predicted octanol–water partition coefficient (Wildman–Crippen LogP) is 3.96. The lowest BCUT2D eigenvalue weighted by Gasteiger charge is -1.99. The quantitative estimate of drug-likeness (QED) is 0.441. The summed E-state index contributed by atoms with van der Waals surface area (Å²) in [5, 5.41) is 20.9. The molecule has 2 aromatic carbocycles. The highest BCUT2D eigenvalue weighted by Crippen LogP contribution is 2.21. The lowest BCUT2D eigenvalue weighted by atomic mass is 10.1. The second-order valence-corrected chi connectivity index (χ2v) is 6.43. The Hall–Kier alpha value is -2.64. The summed E-state index contributed by atoms with van der Waals surface area (Å²) >= 11 is 9.16. The molecule has 0 aliphatic carbocycles. The van der Waals surface area contributed by atoms with Crippen molar-refractivity contribution in [2.24, 2.45) is 5.10 Å². The first-order chi connectivity index (χ1) is 12.0. The summed E-state index contributed by atoms with van der Waals surface area (Å²) in [5.41, 5.74) is 4.57. The number of hydrogen-bond donors (Lipinski definition) is 3. The molecule has 3 aromatic rings. The van der Waals surface area contributed by atoms with Crippen LogP contribution in [0.4, 0.5) is 0 Å². The molecule has 3 rings (SSSR count). The summed E-state index contributed by atoms with van der Waals surface area (Å²) in [6.07, 6.45) is 1.36. The maximum atomic E-state index is 12.1. The molecular weight excluding hydrogens is 408 g/mol. The lowest BCUT2D eigenvalue weighted by Crippen LogP contribution is -2.18. The number of amides is 1. The number of benzene rings is 2. The number of phenolic OH excluding ortho intramolecular Hbond substituents is 1. The molecule has 0 aliphatic rings. The van der Waals surface area contributed by atoms with Crippen molar-refractivity contribution in [2.45, 2.75) is 0 Å². The molecule has 8 heteroatoms. The fraction of sp³-hybridized carbons (Fsp3) is 0. The molecular formula is C17H12BrClN4O2. The monoisotopic (exact) mass is 418 g/mol. The molecule has 0 atom stereocenters. The van der Waals surface area contributed by atoms with Crippen LogP contribution in [0.15, 0.2) is 58.1 Å². The van der Waals surface area contributed by atoms with Crippen LogP contribution in [-0.4, -0.2) is 27.4 Å². The molecule has 0 spiro atoms. The van der Waals surface area contributed by atoms with E-state index >= 15 is 0 Å². The molecule has 6 nitrogen and oxygen atoms in total. The van der Waals surface area contributed by atoms with Gasteiger partial charge in [0.1, 0.15) is 11.4 Å². The van der Waals surface area contributed by atoms with Crippen molar-refractivity contribution < 1.29 is 9.90 Å². The molecule has 25 heavy (non-hydrogen) atoms. The van der Waals surface area contributed by atoms with Gasteiger partial charge in [0.25, 0.3) is 5.91 Å². The van der Waals surface area contributed by atoms with E-state index in [-0.39, 0.29) is 11.4 Å². The normalized spacial score (nSPS) is 11.0. The topological polar surface area (TPSA) is 90.4 Å². The Morgan fingerprint density at radius 3 is 2.76 bits per heavy atom. The van der Waals surface area contributed by atoms with Gasteiger partial charge in [-0.05, 0) is 36.4 Å². The average molecular weight is 420 g/mol. The minimum atomic E-state index is -0.446. The fourth-order valence-electron chi connectivity index (χ4n) is 2.06. The first-order valence-electron chi connectivity index (χ1n) is 7.16. The summed E-state index contributed by atoms with van der Waals surface area (Å²) in [5.74, 6) is -0.383. The van der Waals surface area contributed by atoms with Gasteiger partial charge in [-0.2, -0.15) is 10.2 Å². The molecule has 0 fully saturated rings. The number of H-pyrrole nitrogens is 1. The van der Waals surface area contributed by atoms with Gasteiger partial charge < -0.3 is 5.11 Å². The Labute approximate surface area is 156 Å². The molecule has 126 valence electrons. The van der Waals surface area contributed by atoms with E-state index in [2.05, 4.69) is 36.7 Å². The third-order valence-corrected chi connectivity index (χ3v) is 4.07. The molecule has 0 bridgehead atoms. The van der Waals surface area contributed by atoms with E-state index in [1.807, 2.05) is 12.1 Å². The lowest BCUT2D eigenvalue weighted by molar-refractivity contribution is 0.0950. The molecule has 0 aliphatic heterocycles. The largest absolute Gasteiger partial charge is 0.507 e. The number of hydrogen-bond acceptors (Lipinski definition) is 4. The first-order valence-corrected chi connectivity index (χ1v) is 8.33. The van der Waals surface area contributed by atoms with Crippen LogP contribution in [-0.2, 0) is 0 Å². The van der Waals surface area contributed by atoms with Crippen LogP contribution in [0.2, 0.25) is 5.02 Å². The van der Waals surface area contributed by atoms with Crippen molar-refractivity contribution in [3.63, 3.8) is 0 Å². The summed E-state index contributed by atoms with van der Waals surface area (Å²) in [6, 6.07) is 13.7. The van der Waals surface area contributed by atoms with E-state index in [1.54, 1.807) is 30.3 Å². The highest BCUT2D eigenvalue weighted by Gasteiger charge is 2.10. The smallest absolute Gasteiger partial charge is 0.289 e. The molecule has 3 N–H and O–H groups in total. The molecule has 1 heterocycles. The Balaban J connectivity index is 1.69. The van der Waals surface area contributed by atoms with Crippen molar-refractivity contribution in [2.75, 3.05) is 0 Å². The Bertz CT molecular complexity index is 938. The molecule has 1 amide bonds. The maximum absolute atomic E-state index is 12.1. The number of aromatic nitrogens is 2. The average Bonchev–Trinajstić information content (AvgIpc) is 3.08. The number of carbonyl (C=O) groups is 1. The molecule has 0 radical (unpaired) electrons. The number of halogens is 2. The number of nitrogens with one attached hydrogen (secondary N) is 2. The van der Waals surface area contributed by atoms with Crippen molar-refractivity contribution in [3.05, 3.63) is 69.3 Å². The highest BCUT2D eigenvalue weighted by atomic mass is 79.9.